The van der Waals surface area contributed by atoms with E-state index in [4.69, 9.17) is 4.74 Å². The van der Waals surface area contributed by atoms with Crippen molar-refractivity contribution in [2.24, 2.45) is 0 Å². The number of ether oxygens (including phenoxy) is 1. The van der Waals surface area contributed by atoms with Gasteiger partial charge in [-0.3, -0.25) is 14.7 Å². The van der Waals surface area contributed by atoms with Gasteiger partial charge < -0.3 is 9.84 Å². The molecule has 1 saturated heterocycles. The minimum absolute atomic E-state index is 0.0615. The van der Waals surface area contributed by atoms with Crippen LogP contribution in [0.15, 0.2) is 48.8 Å². The van der Waals surface area contributed by atoms with E-state index in [0.29, 0.717) is 19.3 Å². The molecule has 1 amide bonds. The molecule has 2 aromatic rings. The number of carbonyl (C=O) groups excluding carboxylic acids is 1. The van der Waals surface area contributed by atoms with Gasteiger partial charge in [0.1, 0.15) is 11.7 Å². The van der Waals surface area contributed by atoms with Gasteiger partial charge >= 0.3 is 0 Å². The van der Waals surface area contributed by atoms with E-state index in [0.717, 1.165) is 40.8 Å². The molecule has 1 N–H and O–H groups in total. The first kappa shape index (κ1) is 15.5. The van der Waals surface area contributed by atoms with Gasteiger partial charge in [0.05, 0.1) is 5.69 Å². The second-order valence-electron chi connectivity index (χ2n) is 7.98. The van der Waals surface area contributed by atoms with Gasteiger partial charge in [-0.15, -0.1) is 0 Å². The summed E-state index contributed by atoms with van der Waals surface area (Å²) in [5.74, 6) is 0.0615. The van der Waals surface area contributed by atoms with Gasteiger partial charge in [0.25, 0.3) is 0 Å². The Labute approximate surface area is 157 Å². The number of aromatic nitrogens is 1. The number of nitrogens with zero attached hydrogens (tertiary/aromatic N) is 2. The fourth-order valence-corrected chi connectivity index (χ4v) is 5.42. The fraction of sp³-hybridized carbons (Fsp3) is 0.364. The third-order valence-electron chi connectivity index (χ3n) is 6.58. The lowest BCUT2D eigenvalue weighted by atomic mass is 9.72. The van der Waals surface area contributed by atoms with Crippen LogP contribution in [0.5, 0.6) is 0 Å². The average Bonchev–Trinajstić information content (AvgIpc) is 3.24. The lowest BCUT2D eigenvalue weighted by molar-refractivity contribution is -0.131. The maximum atomic E-state index is 12.8. The van der Waals surface area contributed by atoms with Crippen molar-refractivity contribution in [2.45, 2.75) is 49.5 Å². The van der Waals surface area contributed by atoms with Crippen LogP contribution in [0.25, 0.3) is 11.1 Å². The molecule has 6 rings (SSSR count). The highest BCUT2D eigenvalue weighted by Gasteiger charge is 2.59. The molecule has 1 aromatic carbocycles. The SMILES string of the molecule is O=C1CC[C@@]23C=C[C@@H](O2)[C@]2(O)CCCc4c(-c5cccnc5)ccc(c42)N13. The zero-order valence-electron chi connectivity index (χ0n) is 14.9. The highest BCUT2D eigenvalue weighted by molar-refractivity contribution is 5.99. The number of hydrogen-bond donors (Lipinski definition) is 1. The Morgan fingerprint density at radius 2 is 2.15 bits per heavy atom. The number of aliphatic hydroxyl groups is 1. The molecule has 2 bridgehead atoms. The normalized spacial score (nSPS) is 33.0. The van der Waals surface area contributed by atoms with E-state index in [-0.39, 0.29) is 5.91 Å². The van der Waals surface area contributed by atoms with Crippen LogP contribution in [0.1, 0.15) is 36.8 Å². The van der Waals surface area contributed by atoms with Gasteiger partial charge in [-0.25, -0.2) is 0 Å². The molecule has 0 radical (unpaired) electrons. The number of pyridine rings is 1. The van der Waals surface area contributed by atoms with Gasteiger partial charge in [-0.05, 0) is 48.6 Å². The number of carbonyl (C=O) groups is 1. The summed E-state index contributed by atoms with van der Waals surface area (Å²) < 4.78 is 6.36. The summed E-state index contributed by atoms with van der Waals surface area (Å²) in [6.07, 6.45) is 10.6. The van der Waals surface area contributed by atoms with Crippen LogP contribution in [0, 0.1) is 0 Å². The summed E-state index contributed by atoms with van der Waals surface area (Å²) in [6, 6.07) is 8.02. The van der Waals surface area contributed by atoms with E-state index in [1.807, 2.05) is 36.5 Å². The van der Waals surface area contributed by atoms with Crippen LogP contribution in [-0.4, -0.2) is 27.8 Å². The van der Waals surface area contributed by atoms with Crippen LogP contribution < -0.4 is 4.90 Å². The molecule has 0 unspecified atom stereocenters. The Morgan fingerprint density at radius 3 is 3.00 bits per heavy atom. The molecular weight excluding hydrogens is 340 g/mol. The first-order valence-electron chi connectivity index (χ1n) is 9.62. The Balaban J connectivity index is 1.67. The molecule has 4 aliphatic rings. The number of fused-ring (bicyclic) bond motifs is 3. The monoisotopic (exact) mass is 360 g/mol. The van der Waals surface area contributed by atoms with Crippen LogP contribution >= 0.6 is 0 Å². The fourth-order valence-electron chi connectivity index (χ4n) is 5.42. The summed E-state index contributed by atoms with van der Waals surface area (Å²) in [5, 5.41) is 11.8. The van der Waals surface area contributed by atoms with Crippen molar-refractivity contribution >= 4 is 11.6 Å². The molecular formula is C22H20N2O3. The van der Waals surface area contributed by atoms with Crippen molar-refractivity contribution in [1.29, 1.82) is 0 Å². The van der Waals surface area contributed by atoms with Gasteiger partial charge in [0.15, 0.2) is 5.72 Å². The number of rotatable bonds is 1. The molecule has 1 aromatic heterocycles. The molecule has 3 atom stereocenters. The van der Waals surface area contributed by atoms with Crippen LogP contribution in [0.3, 0.4) is 0 Å². The Kier molecular flexibility index (Phi) is 2.91. The standard InChI is InChI=1S/C22H20N2O3/c25-19-8-11-21-10-7-18(27-21)22(26)9-1-4-16-15(14-3-2-12-23-13-14)5-6-17(20(16)22)24(19)21/h2-3,5-7,10,12-13,18,26H,1,4,8-9,11H2/t18-,21-,22-/m1/s1. The molecule has 5 nitrogen and oxygen atoms in total. The number of amides is 1. The van der Waals surface area contributed by atoms with Crippen LogP contribution in [0.4, 0.5) is 5.69 Å². The molecule has 0 saturated carbocycles. The largest absolute Gasteiger partial charge is 0.382 e. The predicted molar refractivity (Wildman–Crippen MR) is 100.0 cm³/mol. The van der Waals surface area contributed by atoms with Gasteiger partial charge in [0.2, 0.25) is 5.91 Å². The van der Waals surface area contributed by atoms with Crippen molar-refractivity contribution in [2.75, 3.05) is 4.90 Å². The van der Waals surface area contributed by atoms with Crippen LogP contribution in [-0.2, 0) is 21.6 Å². The predicted octanol–water partition coefficient (Wildman–Crippen LogP) is 3.06. The quantitative estimate of drug-likeness (QED) is 0.794. The summed E-state index contributed by atoms with van der Waals surface area (Å²) in [6.45, 7) is 0. The smallest absolute Gasteiger partial charge is 0.229 e. The van der Waals surface area contributed by atoms with E-state index in [2.05, 4.69) is 11.1 Å². The summed E-state index contributed by atoms with van der Waals surface area (Å²) >= 11 is 0. The average molecular weight is 360 g/mol. The first-order valence-corrected chi connectivity index (χ1v) is 9.62. The zero-order valence-corrected chi connectivity index (χ0v) is 14.9. The van der Waals surface area contributed by atoms with Crippen molar-refractivity contribution < 1.29 is 14.6 Å². The second kappa shape index (κ2) is 5.06. The van der Waals surface area contributed by atoms with Gasteiger partial charge in [0, 0.05) is 36.4 Å². The van der Waals surface area contributed by atoms with Crippen molar-refractivity contribution in [3.8, 4) is 11.1 Å². The second-order valence-corrected chi connectivity index (χ2v) is 7.98. The summed E-state index contributed by atoms with van der Waals surface area (Å²) in [5.41, 5.74) is 3.09. The van der Waals surface area contributed by atoms with E-state index in [1.54, 1.807) is 11.1 Å². The molecule has 4 heterocycles. The van der Waals surface area contributed by atoms with Crippen molar-refractivity contribution in [3.63, 3.8) is 0 Å². The number of benzene rings is 1. The third-order valence-corrected chi connectivity index (χ3v) is 6.58. The van der Waals surface area contributed by atoms with E-state index >= 15 is 0 Å². The van der Waals surface area contributed by atoms with E-state index < -0.39 is 17.4 Å². The Hall–Kier alpha value is -2.50. The topological polar surface area (TPSA) is 62.7 Å². The van der Waals surface area contributed by atoms with Gasteiger partial charge in [-0.2, -0.15) is 0 Å². The molecule has 1 fully saturated rings. The lowest BCUT2D eigenvalue weighted by Crippen LogP contribution is -2.45. The zero-order chi connectivity index (χ0) is 18.2. The Bertz CT molecular complexity index is 1000. The summed E-state index contributed by atoms with van der Waals surface area (Å²) in [7, 11) is 0. The third kappa shape index (κ3) is 1.86. The molecule has 136 valence electrons. The molecule has 1 aliphatic carbocycles. The minimum Gasteiger partial charge on any atom is -0.382 e. The summed E-state index contributed by atoms with van der Waals surface area (Å²) in [4.78, 5) is 18.9. The molecule has 3 aliphatic heterocycles. The molecule has 1 spiro atoms. The highest BCUT2D eigenvalue weighted by Crippen LogP contribution is 2.56. The van der Waals surface area contributed by atoms with E-state index in [1.165, 1.54) is 0 Å². The van der Waals surface area contributed by atoms with Gasteiger partial charge in [-0.1, -0.05) is 18.2 Å². The van der Waals surface area contributed by atoms with E-state index in [9.17, 15) is 9.90 Å². The highest BCUT2D eigenvalue weighted by atomic mass is 16.5. The maximum absolute atomic E-state index is 12.8. The molecule has 5 heteroatoms. The minimum atomic E-state index is -1.11. The Morgan fingerprint density at radius 1 is 1.22 bits per heavy atom. The number of anilines is 1. The van der Waals surface area contributed by atoms with Crippen molar-refractivity contribution in [1.82, 2.24) is 4.98 Å². The van der Waals surface area contributed by atoms with Crippen LogP contribution in [0.2, 0.25) is 0 Å². The number of hydrogen-bond acceptors (Lipinski definition) is 4. The van der Waals surface area contributed by atoms with Crippen molar-refractivity contribution in [3.05, 3.63) is 59.9 Å². The molecule has 27 heavy (non-hydrogen) atoms. The lowest BCUT2D eigenvalue weighted by Gasteiger charge is -2.39. The first-order chi connectivity index (χ1) is 13.1. The maximum Gasteiger partial charge on any atom is 0.229 e.